The first kappa shape index (κ1) is 19.4. The van der Waals surface area contributed by atoms with Crippen LogP contribution in [-0.4, -0.2) is 41.0 Å². The fourth-order valence-electron chi connectivity index (χ4n) is 2.31. The van der Waals surface area contributed by atoms with Crippen LogP contribution in [0.1, 0.15) is 20.3 Å². The van der Waals surface area contributed by atoms with Gasteiger partial charge < -0.3 is 20.1 Å². The topological polar surface area (TPSA) is 102 Å². The van der Waals surface area contributed by atoms with E-state index >= 15 is 0 Å². The highest BCUT2D eigenvalue weighted by molar-refractivity contribution is 8.01. The number of rotatable bonds is 7. The molecule has 1 aliphatic heterocycles. The Kier molecular flexibility index (Phi) is 6.51. The summed E-state index contributed by atoms with van der Waals surface area (Å²) in [6, 6.07) is 5.28. The molecule has 144 valence electrons. The van der Waals surface area contributed by atoms with Gasteiger partial charge in [-0.25, -0.2) is 0 Å². The van der Waals surface area contributed by atoms with E-state index in [1.165, 1.54) is 23.1 Å². The van der Waals surface area contributed by atoms with Crippen LogP contribution in [0.3, 0.4) is 0 Å². The lowest BCUT2D eigenvalue weighted by Crippen LogP contribution is -2.17. The van der Waals surface area contributed by atoms with E-state index in [4.69, 9.17) is 9.47 Å². The van der Waals surface area contributed by atoms with Crippen molar-refractivity contribution >= 4 is 45.7 Å². The van der Waals surface area contributed by atoms with Gasteiger partial charge in [0.05, 0.1) is 5.75 Å². The quantitative estimate of drug-likeness (QED) is 0.536. The van der Waals surface area contributed by atoms with Crippen molar-refractivity contribution in [3.05, 3.63) is 18.2 Å². The summed E-state index contributed by atoms with van der Waals surface area (Å²) in [5.41, 5.74) is 0.642. The third kappa shape index (κ3) is 5.83. The fourth-order valence-corrected chi connectivity index (χ4v) is 3.87. The molecule has 2 N–H and O–H groups in total. The van der Waals surface area contributed by atoms with Crippen LogP contribution in [0.4, 0.5) is 10.8 Å². The van der Waals surface area contributed by atoms with Crippen LogP contribution in [0.5, 0.6) is 11.5 Å². The smallest absolute Gasteiger partial charge is 0.234 e. The summed E-state index contributed by atoms with van der Waals surface area (Å²) in [5, 5.41) is 13.9. The van der Waals surface area contributed by atoms with Crippen molar-refractivity contribution in [1.82, 2.24) is 10.2 Å². The molecule has 3 rings (SSSR count). The van der Waals surface area contributed by atoms with E-state index in [0.29, 0.717) is 46.3 Å². The van der Waals surface area contributed by atoms with Crippen molar-refractivity contribution in [3.8, 4) is 11.5 Å². The molecule has 0 radical (unpaired) electrons. The molecule has 1 aromatic heterocycles. The van der Waals surface area contributed by atoms with Crippen molar-refractivity contribution in [2.45, 2.75) is 24.6 Å². The third-order valence-corrected chi connectivity index (χ3v) is 5.37. The number of amides is 2. The Bertz CT molecular complexity index is 825. The molecule has 10 heteroatoms. The molecule has 0 aliphatic carbocycles. The van der Waals surface area contributed by atoms with Crippen molar-refractivity contribution in [3.63, 3.8) is 0 Å². The first-order valence-electron chi connectivity index (χ1n) is 8.45. The van der Waals surface area contributed by atoms with E-state index in [1.54, 1.807) is 18.2 Å². The number of anilines is 2. The minimum Gasteiger partial charge on any atom is -0.486 e. The largest absolute Gasteiger partial charge is 0.486 e. The van der Waals surface area contributed by atoms with Gasteiger partial charge in [0.2, 0.25) is 16.9 Å². The number of aromatic nitrogens is 2. The Morgan fingerprint density at radius 3 is 2.70 bits per heavy atom. The van der Waals surface area contributed by atoms with Crippen molar-refractivity contribution in [1.29, 1.82) is 0 Å². The van der Waals surface area contributed by atoms with E-state index in [1.807, 2.05) is 13.8 Å². The van der Waals surface area contributed by atoms with Crippen molar-refractivity contribution in [2.75, 3.05) is 29.6 Å². The zero-order valence-electron chi connectivity index (χ0n) is 15.0. The molecule has 0 unspecified atom stereocenters. The fraction of sp³-hybridized carbons (Fsp3) is 0.412. The normalized spacial score (nSPS) is 12.7. The highest BCUT2D eigenvalue weighted by Crippen LogP contribution is 2.32. The molecule has 1 aromatic carbocycles. The number of nitrogens with one attached hydrogen (secondary N) is 2. The third-order valence-electron chi connectivity index (χ3n) is 3.40. The highest BCUT2D eigenvalue weighted by Gasteiger charge is 2.14. The van der Waals surface area contributed by atoms with Crippen LogP contribution in [0.15, 0.2) is 22.5 Å². The molecule has 0 fully saturated rings. The van der Waals surface area contributed by atoms with E-state index < -0.39 is 0 Å². The van der Waals surface area contributed by atoms with Crippen LogP contribution >= 0.6 is 23.1 Å². The van der Waals surface area contributed by atoms with Crippen LogP contribution in [0, 0.1) is 5.92 Å². The molecule has 0 saturated heterocycles. The lowest BCUT2D eigenvalue weighted by molar-refractivity contribution is -0.117. The van der Waals surface area contributed by atoms with Gasteiger partial charge in [0.25, 0.3) is 0 Å². The van der Waals surface area contributed by atoms with Crippen molar-refractivity contribution < 1.29 is 19.1 Å². The number of hydrogen-bond acceptors (Lipinski definition) is 8. The number of carbonyl (C=O) groups excluding carboxylic acids is 2. The lowest BCUT2D eigenvalue weighted by atomic mass is 10.1. The average Bonchev–Trinajstić information content (AvgIpc) is 3.06. The summed E-state index contributed by atoms with van der Waals surface area (Å²) in [7, 11) is 0. The second-order valence-electron chi connectivity index (χ2n) is 6.21. The van der Waals surface area contributed by atoms with Crippen molar-refractivity contribution in [2.24, 2.45) is 5.92 Å². The molecule has 8 nitrogen and oxygen atoms in total. The monoisotopic (exact) mass is 408 g/mol. The standard InChI is InChI=1S/C17H20N4O4S2/c1-10(2)7-14(22)19-16-20-21-17(27-16)26-9-15(23)18-11-3-4-12-13(8-11)25-6-5-24-12/h3-4,8,10H,5-7,9H2,1-2H3,(H,18,23)(H,19,20,22). The lowest BCUT2D eigenvalue weighted by Gasteiger charge is -2.18. The molecule has 2 aromatic rings. The number of benzene rings is 1. The first-order chi connectivity index (χ1) is 13.0. The molecule has 0 bridgehead atoms. The maximum Gasteiger partial charge on any atom is 0.234 e. The number of hydrogen-bond donors (Lipinski definition) is 2. The van der Waals surface area contributed by atoms with Gasteiger partial charge in [-0.2, -0.15) is 0 Å². The van der Waals surface area contributed by atoms with Gasteiger partial charge in [0.1, 0.15) is 13.2 Å². The zero-order valence-corrected chi connectivity index (χ0v) is 16.6. The summed E-state index contributed by atoms with van der Waals surface area (Å²) in [6.45, 7) is 4.97. The molecule has 2 heterocycles. The Morgan fingerprint density at radius 1 is 1.15 bits per heavy atom. The Morgan fingerprint density at radius 2 is 1.93 bits per heavy atom. The second-order valence-corrected chi connectivity index (χ2v) is 8.41. The van der Waals surface area contributed by atoms with Gasteiger partial charge in [-0.3, -0.25) is 9.59 Å². The Labute approximate surface area is 165 Å². The van der Waals surface area contributed by atoms with E-state index in [0.717, 1.165) is 0 Å². The molecule has 0 spiro atoms. The molecule has 0 saturated carbocycles. The van der Waals surface area contributed by atoms with Gasteiger partial charge in [0, 0.05) is 18.2 Å². The first-order valence-corrected chi connectivity index (χ1v) is 10.3. The van der Waals surface area contributed by atoms with Crippen LogP contribution in [0.2, 0.25) is 0 Å². The van der Waals surface area contributed by atoms with Gasteiger partial charge >= 0.3 is 0 Å². The maximum atomic E-state index is 12.1. The van der Waals surface area contributed by atoms with E-state index in [9.17, 15) is 9.59 Å². The van der Waals surface area contributed by atoms with Crippen LogP contribution in [-0.2, 0) is 9.59 Å². The summed E-state index contributed by atoms with van der Waals surface area (Å²) in [5.74, 6) is 1.50. The summed E-state index contributed by atoms with van der Waals surface area (Å²) in [4.78, 5) is 23.9. The molecule has 2 amide bonds. The summed E-state index contributed by atoms with van der Waals surface area (Å²) >= 11 is 2.51. The van der Waals surface area contributed by atoms with Crippen LogP contribution in [0.25, 0.3) is 0 Å². The molecule has 27 heavy (non-hydrogen) atoms. The molecular formula is C17H20N4O4S2. The van der Waals surface area contributed by atoms with Crippen LogP contribution < -0.4 is 20.1 Å². The number of fused-ring (bicyclic) bond motifs is 1. The highest BCUT2D eigenvalue weighted by atomic mass is 32.2. The van der Waals surface area contributed by atoms with Gasteiger partial charge in [-0.05, 0) is 18.1 Å². The average molecular weight is 409 g/mol. The summed E-state index contributed by atoms with van der Waals surface area (Å²) in [6.07, 6.45) is 0.431. The predicted molar refractivity (Wildman–Crippen MR) is 105 cm³/mol. The minimum atomic E-state index is -0.169. The number of nitrogens with zero attached hydrogens (tertiary/aromatic N) is 2. The predicted octanol–water partition coefficient (Wildman–Crippen LogP) is 3.02. The Balaban J connectivity index is 1.47. The number of ether oxygens (including phenoxy) is 2. The van der Waals surface area contributed by atoms with E-state index in [-0.39, 0.29) is 23.5 Å². The van der Waals surface area contributed by atoms with E-state index in [2.05, 4.69) is 20.8 Å². The zero-order chi connectivity index (χ0) is 19.2. The Hall–Kier alpha value is -2.33. The second kappa shape index (κ2) is 9.05. The minimum absolute atomic E-state index is 0.0888. The van der Waals surface area contributed by atoms with Gasteiger partial charge in [-0.15, -0.1) is 10.2 Å². The number of carbonyl (C=O) groups is 2. The number of thioether (sulfide) groups is 1. The SMILES string of the molecule is CC(C)CC(=O)Nc1nnc(SCC(=O)Nc2ccc3c(c2)OCCO3)s1. The molecular weight excluding hydrogens is 388 g/mol. The van der Waals surface area contributed by atoms with Gasteiger partial charge in [-0.1, -0.05) is 36.9 Å². The molecule has 0 atom stereocenters. The molecule has 1 aliphatic rings. The maximum absolute atomic E-state index is 12.1. The summed E-state index contributed by atoms with van der Waals surface area (Å²) < 4.78 is 11.6. The van der Waals surface area contributed by atoms with Gasteiger partial charge in [0.15, 0.2) is 15.8 Å².